The maximum Gasteiger partial charge on any atom is 0.270 e. The van der Waals surface area contributed by atoms with Gasteiger partial charge in [-0.15, -0.1) is 0 Å². The normalized spacial score (nSPS) is 12.1. The van der Waals surface area contributed by atoms with Crippen molar-refractivity contribution in [1.82, 2.24) is 9.88 Å². The zero-order valence-corrected chi connectivity index (χ0v) is 11.0. The molecule has 0 aliphatic rings. The van der Waals surface area contributed by atoms with E-state index in [9.17, 15) is 4.79 Å². The maximum atomic E-state index is 12.3. The third-order valence-electron chi connectivity index (χ3n) is 3.24. The predicted octanol–water partition coefficient (Wildman–Crippen LogP) is 2.12. The van der Waals surface area contributed by atoms with Gasteiger partial charge in [-0.2, -0.15) is 5.26 Å². The molecule has 5 heteroatoms. The number of hydrogen-bond donors (Lipinski definition) is 2. The van der Waals surface area contributed by atoms with E-state index in [1.54, 1.807) is 24.1 Å². The smallest absolute Gasteiger partial charge is 0.270 e. The molecule has 1 amide bonds. The van der Waals surface area contributed by atoms with Crippen LogP contribution in [0.2, 0.25) is 0 Å². The Labute approximate surface area is 111 Å². The van der Waals surface area contributed by atoms with Crippen LogP contribution in [0.4, 0.5) is 5.69 Å². The standard InChI is InChI=1S/C14H16N4O/c1-9(5-6-15)18(2)14(19)13-8-10-7-11(16)3-4-12(10)17-13/h3-4,7-9,17H,5,16H2,1-2H3. The summed E-state index contributed by atoms with van der Waals surface area (Å²) in [7, 11) is 1.70. The second kappa shape index (κ2) is 5.02. The van der Waals surface area contributed by atoms with Crippen LogP contribution < -0.4 is 5.73 Å². The number of carbonyl (C=O) groups is 1. The molecule has 2 aromatic rings. The summed E-state index contributed by atoms with van der Waals surface area (Å²) in [6.45, 7) is 1.85. The molecule has 19 heavy (non-hydrogen) atoms. The number of benzene rings is 1. The first-order valence-electron chi connectivity index (χ1n) is 6.05. The van der Waals surface area contributed by atoms with Gasteiger partial charge in [0.15, 0.2) is 0 Å². The first kappa shape index (κ1) is 13.0. The van der Waals surface area contributed by atoms with Crippen LogP contribution in [0.15, 0.2) is 24.3 Å². The van der Waals surface area contributed by atoms with E-state index in [2.05, 4.69) is 11.1 Å². The summed E-state index contributed by atoms with van der Waals surface area (Å²) in [5, 5.41) is 9.58. The minimum absolute atomic E-state index is 0.117. The van der Waals surface area contributed by atoms with Gasteiger partial charge in [0.2, 0.25) is 0 Å². The molecule has 3 N–H and O–H groups in total. The summed E-state index contributed by atoms with van der Waals surface area (Å²) < 4.78 is 0. The molecule has 0 aliphatic carbocycles. The van der Waals surface area contributed by atoms with Crippen molar-refractivity contribution in [3.8, 4) is 6.07 Å². The molecule has 0 aliphatic heterocycles. The Morgan fingerprint density at radius 1 is 1.53 bits per heavy atom. The Hall–Kier alpha value is -2.48. The molecule has 0 saturated carbocycles. The Bertz CT molecular complexity index is 653. The van der Waals surface area contributed by atoms with Crippen LogP contribution in [-0.2, 0) is 0 Å². The van der Waals surface area contributed by atoms with E-state index >= 15 is 0 Å². The number of nitriles is 1. The predicted molar refractivity (Wildman–Crippen MR) is 74.5 cm³/mol. The molecule has 0 saturated heterocycles. The van der Waals surface area contributed by atoms with Gasteiger partial charge in [-0.05, 0) is 31.2 Å². The van der Waals surface area contributed by atoms with Gasteiger partial charge in [0.1, 0.15) is 5.69 Å². The van der Waals surface area contributed by atoms with Crippen molar-refractivity contribution < 1.29 is 4.79 Å². The highest BCUT2D eigenvalue weighted by Gasteiger charge is 2.18. The first-order valence-corrected chi connectivity index (χ1v) is 6.05. The lowest BCUT2D eigenvalue weighted by Crippen LogP contribution is -2.35. The number of nitrogens with two attached hydrogens (primary N) is 1. The molecule has 1 atom stereocenters. The molecule has 98 valence electrons. The van der Waals surface area contributed by atoms with E-state index < -0.39 is 0 Å². The largest absolute Gasteiger partial charge is 0.399 e. The Balaban J connectivity index is 2.29. The van der Waals surface area contributed by atoms with Crippen LogP contribution in [-0.4, -0.2) is 28.9 Å². The fourth-order valence-corrected chi connectivity index (χ4v) is 1.93. The summed E-state index contributed by atoms with van der Waals surface area (Å²) in [5.74, 6) is -0.127. The number of fused-ring (bicyclic) bond motifs is 1. The number of aromatic amines is 1. The van der Waals surface area contributed by atoms with Crippen LogP contribution in [0.25, 0.3) is 10.9 Å². The Morgan fingerprint density at radius 3 is 2.95 bits per heavy atom. The molecule has 1 heterocycles. The molecule has 1 aromatic carbocycles. The SMILES string of the molecule is CC(CC#N)N(C)C(=O)c1cc2cc(N)ccc2[nH]1. The number of amides is 1. The van der Waals surface area contributed by atoms with E-state index in [4.69, 9.17) is 11.0 Å². The summed E-state index contributed by atoms with van der Waals surface area (Å²) in [6.07, 6.45) is 0.315. The Kier molecular flexibility index (Phi) is 3.43. The van der Waals surface area contributed by atoms with Gasteiger partial charge < -0.3 is 15.6 Å². The van der Waals surface area contributed by atoms with E-state index in [0.717, 1.165) is 10.9 Å². The number of rotatable bonds is 3. The summed E-state index contributed by atoms with van der Waals surface area (Å²) in [4.78, 5) is 16.9. The maximum absolute atomic E-state index is 12.3. The fourth-order valence-electron chi connectivity index (χ4n) is 1.93. The van der Waals surface area contributed by atoms with Gasteiger partial charge in [-0.1, -0.05) is 0 Å². The number of carbonyl (C=O) groups excluding carboxylic acids is 1. The van der Waals surface area contributed by atoms with Crippen LogP contribution >= 0.6 is 0 Å². The lowest BCUT2D eigenvalue weighted by atomic mass is 10.2. The number of hydrogen-bond acceptors (Lipinski definition) is 3. The molecule has 0 spiro atoms. The van der Waals surface area contributed by atoms with E-state index in [1.165, 1.54) is 0 Å². The quantitative estimate of drug-likeness (QED) is 0.825. The van der Waals surface area contributed by atoms with Gasteiger partial charge in [-0.3, -0.25) is 4.79 Å². The van der Waals surface area contributed by atoms with Crippen molar-refractivity contribution in [2.75, 3.05) is 12.8 Å². The average Bonchev–Trinajstić information content (AvgIpc) is 2.80. The highest BCUT2D eigenvalue weighted by Crippen LogP contribution is 2.19. The number of nitrogen functional groups attached to an aromatic ring is 1. The molecular formula is C14H16N4O. The molecular weight excluding hydrogens is 240 g/mol. The summed E-state index contributed by atoms with van der Waals surface area (Å²) >= 11 is 0. The van der Waals surface area contributed by atoms with Crippen molar-refractivity contribution in [1.29, 1.82) is 5.26 Å². The molecule has 2 rings (SSSR count). The number of H-pyrrole nitrogens is 1. The van der Waals surface area contributed by atoms with Gasteiger partial charge in [-0.25, -0.2) is 0 Å². The fraction of sp³-hybridized carbons (Fsp3) is 0.286. The first-order chi connectivity index (χ1) is 9.02. The topological polar surface area (TPSA) is 85.9 Å². The number of nitrogens with zero attached hydrogens (tertiary/aromatic N) is 2. The molecule has 5 nitrogen and oxygen atoms in total. The van der Waals surface area contributed by atoms with Crippen LogP contribution in [0.5, 0.6) is 0 Å². The van der Waals surface area contributed by atoms with Crippen LogP contribution in [0, 0.1) is 11.3 Å². The second-order valence-corrected chi connectivity index (χ2v) is 4.66. The van der Waals surface area contributed by atoms with Gasteiger partial charge in [0.25, 0.3) is 5.91 Å². The van der Waals surface area contributed by atoms with Crippen molar-refractivity contribution >= 4 is 22.5 Å². The summed E-state index contributed by atoms with van der Waals surface area (Å²) in [5.41, 5.74) is 7.76. The third-order valence-corrected chi connectivity index (χ3v) is 3.24. The van der Waals surface area contributed by atoms with Crippen molar-refractivity contribution in [3.63, 3.8) is 0 Å². The molecule has 0 bridgehead atoms. The van der Waals surface area contributed by atoms with E-state index in [-0.39, 0.29) is 11.9 Å². The summed E-state index contributed by atoms with van der Waals surface area (Å²) in [6, 6.07) is 9.19. The number of aromatic nitrogens is 1. The lowest BCUT2D eigenvalue weighted by molar-refractivity contribution is 0.0741. The number of anilines is 1. The van der Waals surface area contributed by atoms with Crippen LogP contribution in [0.3, 0.4) is 0 Å². The molecule has 0 radical (unpaired) electrons. The average molecular weight is 256 g/mol. The van der Waals surface area contributed by atoms with Crippen molar-refractivity contribution in [2.24, 2.45) is 0 Å². The Morgan fingerprint density at radius 2 is 2.26 bits per heavy atom. The minimum Gasteiger partial charge on any atom is -0.399 e. The van der Waals surface area contributed by atoms with Gasteiger partial charge in [0.05, 0.1) is 12.5 Å². The lowest BCUT2D eigenvalue weighted by Gasteiger charge is -2.22. The van der Waals surface area contributed by atoms with E-state index in [0.29, 0.717) is 17.8 Å². The second-order valence-electron chi connectivity index (χ2n) is 4.66. The highest BCUT2D eigenvalue weighted by molar-refractivity contribution is 5.98. The minimum atomic E-state index is -0.127. The van der Waals surface area contributed by atoms with Crippen LogP contribution in [0.1, 0.15) is 23.8 Å². The molecule has 1 aromatic heterocycles. The zero-order chi connectivity index (χ0) is 14.0. The molecule has 1 unspecified atom stereocenters. The highest BCUT2D eigenvalue weighted by atomic mass is 16.2. The molecule has 0 fully saturated rings. The third kappa shape index (κ3) is 2.52. The van der Waals surface area contributed by atoms with Crippen molar-refractivity contribution in [3.05, 3.63) is 30.0 Å². The van der Waals surface area contributed by atoms with Gasteiger partial charge in [0, 0.05) is 29.7 Å². The van der Waals surface area contributed by atoms with E-state index in [1.807, 2.05) is 19.1 Å². The van der Waals surface area contributed by atoms with Gasteiger partial charge >= 0.3 is 0 Å². The van der Waals surface area contributed by atoms with Crippen molar-refractivity contribution in [2.45, 2.75) is 19.4 Å². The monoisotopic (exact) mass is 256 g/mol. The zero-order valence-electron chi connectivity index (χ0n) is 11.0. The number of nitrogens with one attached hydrogen (secondary N) is 1.